The molecule has 1 amide bonds. The van der Waals surface area contributed by atoms with Gasteiger partial charge in [-0.1, -0.05) is 6.07 Å². The third-order valence-corrected chi connectivity index (χ3v) is 3.52. The van der Waals surface area contributed by atoms with Gasteiger partial charge in [-0.25, -0.2) is 0 Å². The molecule has 0 spiro atoms. The summed E-state index contributed by atoms with van der Waals surface area (Å²) in [5.74, 6) is -0.997. The van der Waals surface area contributed by atoms with Crippen LogP contribution in [0.15, 0.2) is 24.4 Å². The van der Waals surface area contributed by atoms with Crippen LogP contribution < -0.4 is 0 Å². The smallest absolute Gasteiger partial charge is 0.305 e. The van der Waals surface area contributed by atoms with Crippen LogP contribution in [0.4, 0.5) is 0 Å². The summed E-state index contributed by atoms with van der Waals surface area (Å²) in [5, 5.41) is 8.93. The standard InChI is InChI=1S/C15H21N3O4/c1-17(9-12-4-2-3-5-16-12)10-14(19)18-6-7-22-11-13(18)8-15(20)21/h2-5,13H,6-11H2,1H3,(H,20,21)/t13-/m1/s1. The van der Waals surface area contributed by atoms with Gasteiger partial charge in [0, 0.05) is 19.3 Å². The first-order valence-electron chi connectivity index (χ1n) is 7.23. The second kappa shape index (κ2) is 7.86. The summed E-state index contributed by atoms with van der Waals surface area (Å²) in [6, 6.07) is 5.27. The number of carbonyl (C=O) groups is 2. The van der Waals surface area contributed by atoms with E-state index in [9.17, 15) is 9.59 Å². The van der Waals surface area contributed by atoms with Crippen LogP contribution >= 0.6 is 0 Å². The third-order valence-electron chi connectivity index (χ3n) is 3.52. The fourth-order valence-corrected chi connectivity index (χ4v) is 2.50. The zero-order valence-electron chi connectivity index (χ0n) is 12.6. The van der Waals surface area contributed by atoms with E-state index in [2.05, 4.69) is 4.98 Å². The van der Waals surface area contributed by atoms with Crippen molar-refractivity contribution in [1.29, 1.82) is 0 Å². The van der Waals surface area contributed by atoms with E-state index in [1.54, 1.807) is 11.1 Å². The summed E-state index contributed by atoms with van der Waals surface area (Å²) in [5.41, 5.74) is 0.891. The molecule has 0 bridgehead atoms. The minimum atomic E-state index is -0.921. The molecular weight excluding hydrogens is 286 g/mol. The van der Waals surface area contributed by atoms with Crippen LogP contribution in [0.3, 0.4) is 0 Å². The van der Waals surface area contributed by atoms with Gasteiger partial charge in [0.05, 0.1) is 37.9 Å². The lowest BCUT2D eigenvalue weighted by molar-refractivity contribution is -0.146. The second-order valence-electron chi connectivity index (χ2n) is 5.41. The molecule has 1 aromatic heterocycles. The van der Waals surface area contributed by atoms with Crippen LogP contribution in [-0.2, 0) is 20.9 Å². The number of aromatic nitrogens is 1. The van der Waals surface area contributed by atoms with Crippen molar-refractivity contribution < 1.29 is 19.4 Å². The first kappa shape index (κ1) is 16.4. The zero-order chi connectivity index (χ0) is 15.9. The van der Waals surface area contributed by atoms with Gasteiger partial charge in [-0.05, 0) is 19.2 Å². The Bertz CT molecular complexity index is 509. The average Bonchev–Trinajstić information content (AvgIpc) is 2.48. The Morgan fingerprint density at radius 1 is 1.50 bits per heavy atom. The highest BCUT2D eigenvalue weighted by Gasteiger charge is 2.29. The van der Waals surface area contributed by atoms with Crippen LogP contribution in [0.25, 0.3) is 0 Å². The van der Waals surface area contributed by atoms with E-state index in [0.29, 0.717) is 19.7 Å². The van der Waals surface area contributed by atoms with Crippen LogP contribution in [0.1, 0.15) is 12.1 Å². The van der Waals surface area contributed by atoms with E-state index in [0.717, 1.165) is 5.69 Å². The maximum absolute atomic E-state index is 12.4. The molecule has 1 aromatic rings. The molecule has 1 saturated heterocycles. The molecule has 1 N–H and O–H groups in total. The van der Waals surface area contributed by atoms with Crippen LogP contribution in [0.2, 0.25) is 0 Å². The number of carbonyl (C=O) groups excluding carboxylic acids is 1. The average molecular weight is 307 g/mol. The lowest BCUT2D eigenvalue weighted by Gasteiger charge is -2.35. The summed E-state index contributed by atoms with van der Waals surface area (Å²) in [4.78, 5) is 31.0. The molecule has 0 saturated carbocycles. The van der Waals surface area contributed by atoms with Crippen molar-refractivity contribution in [3.8, 4) is 0 Å². The third kappa shape index (κ3) is 4.78. The molecule has 120 valence electrons. The van der Waals surface area contributed by atoms with Crippen molar-refractivity contribution in [3.63, 3.8) is 0 Å². The van der Waals surface area contributed by atoms with Crippen molar-refractivity contribution in [3.05, 3.63) is 30.1 Å². The number of morpholine rings is 1. The Balaban J connectivity index is 1.90. The van der Waals surface area contributed by atoms with Gasteiger partial charge in [0.2, 0.25) is 5.91 Å². The highest BCUT2D eigenvalue weighted by atomic mass is 16.5. The summed E-state index contributed by atoms with van der Waals surface area (Å²) in [6.45, 7) is 1.97. The van der Waals surface area contributed by atoms with Crippen molar-refractivity contribution in [2.24, 2.45) is 0 Å². The number of ether oxygens (including phenoxy) is 1. The monoisotopic (exact) mass is 307 g/mol. The largest absolute Gasteiger partial charge is 0.481 e. The molecule has 0 aliphatic carbocycles. The highest BCUT2D eigenvalue weighted by Crippen LogP contribution is 2.12. The van der Waals surface area contributed by atoms with Crippen LogP contribution in [0.5, 0.6) is 0 Å². The van der Waals surface area contributed by atoms with Crippen molar-refractivity contribution >= 4 is 11.9 Å². The van der Waals surface area contributed by atoms with E-state index in [-0.39, 0.29) is 31.5 Å². The van der Waals surface area contributed by atoms with Crippen molar-refractivity contribution in [1.82, 2.24) is 14.8 Å². The zero-order valence-corrected chi connectivity index (χ0v) is 12.6. The van der Waals surface area contributed by atoms with Crippen LogP contribution in [-0.4, -0.2) is 71.2 Å². The first-order chi connectivity index (χ1) is 10.6. The molecule has 1 aliphatic heterocycles. The number of rotatable bonds is 6. The Morgan fingerprint density at radius 3 is 3.00 bits per heavy atom. The number of carboxylic acids is 1. The van der Waals surface area contributed by atoms with Gasteiger partial charge < -0.3 is 14.7 Å². The van der Waals surface area contributed by atoms with Gasteiger partial charge in [-0.15, -0.1) is 0 Å². The lowest BCUT2D eigenvalue weighted by Crippen LogP contribution is -2.52. The number of aliphatic carboxylic acids is 1. The van der Waals surface area contributed by atoms with Gasteiger partial charge >= 0.3 is 5.97 Å². The Morgan fingerprint density at radius 2 is 2.32 bits per heavy atom. The molecule has 1 aliphatic rings. The number of amides is 1. The summed E-state index contributed by atoms with van der Waals surface area (Å²) in [6.07, 6.45) is 1.63. The number of likely N-dealkylation sites (N-methyl/N-ethyl adjacent to an activating group) is 1. The molecule has 0 aromatic carbocycles. The molecule has 0 radical (unpaired) electrons. The Labute approximate surface area is 129 Å². The molecule has 7 nitrogen and oxygen atoms in total. The fourth-order valence-electron chi connectivity index (χ4n) is 2.50. The number of nitrogens with zero attached hydrogens (tertiary/aromatic N) is 3. The molecule has 1 atom stereocenters. The molecule has 7 heteroatoms. The summed E-state index contributed by atoms with van der Waals surface area (Å²) in [7, 11) is 1.85. The highest BCUT2D eigenvalue weighted by molar-refractivity contribution is 5.79. The SMILES string of the molecule is CN(CC(=O)N1CCOC[C@H]1CC(=O)O)Cc1ccccn1. The normalized spacial score (nSPS) is 18.5. The van der Waals surface area contributed by atoms with Gasteiger partial charge in [0.25, 0.3) is 0 Å². The van der Waals surface area contributed by atoms with E-state index in [1.165, 1.54) is 0 Å². The van der Waals surface area contributed by atoms with E-state index < -0.39 is 5.97 Å². The Kier molecular flexibility index (Phi) is 5.85. The second-order valence-corrected chi connectivity index (χ2v) is 5.41. The predicted octanol–water partition coefficient (Wildman–Crippen LogP) is 0.216. The quantitative estimate of drug-likeness (QED) is 0.809. The molecular formula is C15H21N3O4. The van der Waals surface area contributed by atoms with E-state index in [1.807, 2.05) is 30.1 Å². The lowest BCUT2D eigenvalue weighted by atomic mass is 10.1. The van der Waals surface area contributed by atoms with Crippen molar-refractivity contribution in [2.45, 2.75) is 19.0 Å². The van der Waals surface area contributed by atoms with E-state index >= 15 is 0 Å². The number of hydrogen-bond donors (Lipinski definition) is 1. The predicted molar refractivity (Wildman–Crippen MR) is 79.1 cm³/mol. The number of pyridine rings is 1. The maximum atomic E-state index is 12.4. The van der Waals surface area contributed by atoms with Gasteiger partial charge in [-0.2, -0.15) is 0 Å². The van der Waals surface area contributed by atoms with Gasteiger partial charge in [0.15, 0.2) is 0 Å². The summed E-state index contributed by atoms with van der Waals surface area (Å²) >= 11 is 0. The first-order valence-corrected chi connectivity index (χ1v) is 7.23. The molecule has 2 rings (SSSR count). The fraction of sp³-hybridized carbons (Fsp3) is 0.533. The molecule has 1 fully saturated rings. The van der Waals surface area contributed by atoms with Crippen LogP contribution in [0, 0.1) is 0 Å². The molecule has 0 unspecified atom stereocenters. The summed E-state index contributed by atoms with van der Waals surface area (Å²) < 4.78 is 5.28. The van der Waals surface area contributed by atoms with Crippen molar-refractivity contribution in [2.75, 3.05) is 33.4 Å². The minimum absolute atomic E-state index is 0.0759. The topological polar surface area (TPSA) is 83.0 Å². The number of hydrogen-bond acceptors (Lipinski definition) is 5. The number of carboxylic acid groups (broad SMARTS) is 1. The molecule has 22 heavy (non-hydrogen) atoms. The molecule has 2 heterocycles. The van der Waals surface area contributed by atoms with Gasteiger partial charge in [-0.3, -0.25) is 19.5 Å². The minimum Gasteiger partial charge on any atom is -0.481 e. The van der Waals surface area contributed by atoms with Gasteiger partial charge in [0.1, 0.15) is 0 Å². The maximum Gasteiger partial charge on any atom is 0.305 e. The van der Waals surface area contributed by atoms with E-state index in [4.69, 9.17) is 9.84 Å². The Hall–Kier alpha value is -1.99.